The van der Waals surface area contributed by atoms with Crippen LogP contribution in [0, 0.1) is 5.92 Å². The van der Waals surface area contributed by atoms with Crippen LogP contribution >= 0.6 is 0 Å². The maximum atomic E-state index is 12.3. The number of amides is 1. The van der Waals surface area contributed by atoms with Crippen LogP contribution < -0.4 is 10.6 Å². The Morgan fingerprint density at radius 1 is 1.38 bits per heavy atom. The summed E-state index contributed by atoms with van der Waals surface area (Å²) in [5.74, 6) is 0.504. The lowest BCUT2D eigenvalue weighted by molar-refractivity contribution is 0.0576. The number of nitrogen functional groups attached to an aromatic ring is 1. The van der Waals surface area contributed by atoms with Gasteiger partial charge in [0.25, 0.3) is 5.91 Å². The van der Waals surface area contributed by atoms with Gasteiger partial charge in [-0.15, -0.1) is 0 Å². The molecule has 0 saturated carbocycles. The summed E-state index contributed by atoms with van der Waals surface area (Å²) < 4.78 is 5.53. The minimum absolute atomic E-state index is 0.00301. The molecular formula is C16H25N3O2. The van der Waals surface area contributed by atoms with Crippen molar-refractivity contribution in [3.8, 4) is 0 Å². The van der Waals surface area contributed by atoms with Crippen molar-refractivity contribution in [3.05, 3.63) is 23.8 Å². The second kappa shape index (κ2) is 6.80. The van der Waals surface area contributed by atoms with Gasteiger partial charge in [-0.2, -0.15) is 0 Å². The average molecular weight is 291 g/mol. The standard InChI is InChI=1S/C16H25N3O2/c1-18(2)16(20)14-7-6-13(17)9-15(14)19(3)10-12-5-4-8-21-11-12/h6-7,9,12H,4-5,8,10-11,17H2,1-3H3. The summed E-state index contributed by atoms with van der Waals surface area (Å²) in [5, 5.41) is 0. The molecule has 0 spiro atoms. The van der Waals surface area contributed by atoms with Crippen LogP contribution in [0.1, 0.15) is 23.2 Å². The molecule has 1 aliphatic heterocycles. The first-order chi connectivity index (χ1) is 9.99. The fourth-order valence-corrected chi connectivity index (χ4v) is 2.72. The molecule has 5 nitrogen and oxygen atoms in total. The van der Waals surface area contributed by atoms with Crippen LogP contribution in [0.15, 0.2) is 18.2 Å². The number of rotatable bonds is 4. The van der Waals surface area contributed by atoms with Gasteiger partial charge in [-0.3, -0.25) is 4.79 Å². The molecule has 2 N–H and O–H groups in total. The lowest BCUT2D eigenvalue weighted by atomic mass is 10.0. The molecular weight excluding hydrogens is 266 g/mol. The Kier molecular flexibility index (Phi) is 5.07. The van der Waals surface area contributed by atoms with Crippen LogP contribution in [0.25, 0.3) is 0 Å². The highest BCUT2D eigenvalue weighted by molar-refractivity contribution is 6.00. The van der Waals surface area contributed by atoms with Gasteiger partial charge < -0.3 is 20.3 Å². The molecule has 0 aromatic heterocycles. The molecule has 1 amide bonds. The number of carbonyl (C=O) groups is 1. The molecule has 1 heterocycles. The molecule has 1 unspecified atom stereocenters. The van der Waals surface area contributed by atoms with E-state index in [0.717, 1.165) is 31.9 Å². The Balaban J connectivity index is 2.19. The molecule has 1 saturated heterocycles. The van der Waals surface area contributed by atoms with E-state index in [1.807, 2.05) is 13.1 Å². The number of ether oxygens (including phenoxy) is 1. The largest absolute Gasteiger partial charge is 0.399 e. The average Bonchev–Trinajstić information content (AvgIpc) is 2.47. The Labute approximate surface area is 126 Å². The van der Waals surface area contributed by atoms with E-state index in [0.29, 0.717) is 17.2 Å². The summed E-state index contributed by atoms with van der Waals surface area (Å²) in [6.45, 7) is 2.53. The van der Waals surface area contributed by atoms with Gasteiger partial charge in [0.05, 0.1) is 17.9 Å². The van der Waals surface area contributed by atoms with Gasteiger partial charge in [0.2, 0.25) is 0 Å². The van der Waals surface area contributed by atoms with E-state index in [-0.39, 0.29) is 5.91 Å². The first-order valence-corrected chi connectivity index (χ1v) is 7.39. The molecule has 2 rings (SSSR count). The van der Waals surface area contributed by atoms with Crippen molar-refractivity contribution in [2.75, 3.05) is 51.5 Å². The van der Waals surface area contributed by atoms with Crippen LogP contribution in [0.3, 0.4) is 0 Å². The van der Waals surface area contributed by atoms with Gasteiger partial charge in [0.15, 0.2) is 0 Å². The van der Waals surface area contributed by atoms with E-state index in [2.05, 4.69) is 4.90 Å². The Morgan fingerprint density at radius 3 is 2.76 bits per heavy atom. The highest BCUT2D eigenvalue weighted by atomic mass is 16.5. The number of nitrogens with two attached hydrogens (primary N) is 1. The van der Waals surface area contributed by atoms with Gasteiger partial charge in [-0.1, -0.05) is 0 Å². The van der Waals surface area contributed by atoms with E-state index in [9.17, 15) is 4.79 Å². The van der Waals surface area contributed by atoms with Gasteiger partial charge in [0, 0.05) is 40.0 Å². The second-order valence-electron chi connectivity index (χ2n) is 5.94. The monoisotopic (exact) mass is 291 g/mol. The Morgan fingerprint density at radius 2 is 2.14 bits per heavy atom. The molecule has 0 radical (unpaired) electrons. The minimum Gasteiger partial charge on any atom is -0.399 e. The number of nitrogens with zero attached hydrogens (tertiary/aromatic N) is 2. The summed E-state index contributed by atoms with van der Waals surface area (Å²) in [6.07, 6.45) is 2.28. The third-order valence-corrected chi connectivity index (χ3v) is 3.86. The molecule has 0 bridgehead atoms. The maximum absolute atomic E-state index is 12.3. The summed E-state index contributed by atoms with van der Waals surface area (Å²) in [5.41, 5.74) is 8.15. The van der Waals surface area contributed by atoms with E-state index in [4.69, 9.17) is 10.5 Å². The lowest BCUT2D eigenvalue weighted by Crippen LogP contribution is -2.32. The van der Waals surface area contributed by atoms with Crippen molar-refractivity contribution >= 4 is 17.3 Å². The maximum Gasteiger partial charge on any atom is 0.255 e. The highest BCUT2D eigenvalue weighted by Crippen LogP contribution is 2.26. The van der Waals surface area contributed by atoms with E-state index < -0.39 is 0 Å². The number of benzene rings is 1. The first-order valence-electron chi connectivity index (χ1n) is 7.39. The smallest absolute Gasteiger partial charge is 0.255 e. The number of hydrogen-bond donors (Lipinski definition) is 1. The lowest BCUT2D eigenvalue weighted by Gasteiger charge is -2.30. The quantitative estimate of drug-likeness (QED) is 0.860. The van der Waals surface area contributed by atoms with Crippen LogP contribution in [0.5, 0.6) is 0 Å². The van der Waals surface area contributed by atoms with Crippen molar-refractivity contribution in [2.45, 2.75) is 12.8 Å². The molecule has 1 fully saturated rings. The molecule has 21 heavy (non-hydrogen) atoms. The minimum atomic E-state index is -0.00301. The molecule has 1 aromatic carbocycles. The van der Waals surface area contributed by atoms with Crippen molar-refractivity contribution in [1.82, 2.24) is 4.90 Å². The summed E-state index contributed by atoms with van der Waals surface area (Å²) in [7, 11) is 5.53. The zero-order valence-corrected chi connectivity index (χ0v) is 13.1. The van der Waals surface area contributed by atoms with E-state index >= 15 is 0 Å². The fraction of sp³-hybridized carbons (Fsp3) is 0.562. The van der Waals surface area contributed by atoms with Gasteiger partial charge in [0.1, 0.15) is 0 Å². The summed E-state index contributed by atoms with van der Waals surface area (Å²) in [4.78, 5) is 16.0. The van der Waals surface area contributed by atoms with Gasteiger partial charge >= 0.3 is 0 Å². The number of carbonyl (C=O) groups excluding carboxylic acids is 1. The zero-order chi connectivity index (χ0) is 15.4. The predicted octanol–water partition coefficient (Wildman–Crippen LogP) is 1.83. The Hall–Kier alpha value is -1.75. The fourth-order valence-electron chi connectivity index (χ4n) is 2.72. The molecule has 5 heteroatoms. The van der Waals surface area contributed by atoms with Gasteiger partial charge in [-0.25, -0.2) is 0 Å². The molecule has 116 valence electrons. The number of anilines is 2. The predicted molar refractivity (Wildman–Crippen MR) is 85.7 cm³/mol. The van der Waals surface area contributed by atoms with Crippen LogP contribution in [-0.4, -0.2) is 51.7 Å². The van der Waals surface area contributed by atoms with Crippen molar-refractivity contribution < 1.29 is 9.53 Å². The normalized spacial score (nSPS) is 18.3. The molecule has 1 aliphatic rings. The third-order valence-electron chi connectivity index (χ3n) is 3.86. The Bertz CT molecular complexity index is 496. The number of hydrogen-bond acceptors (Lipinski definition) is 4. The second-order valence-corrected chi connectivity index (χ2v) is 5.94. The SMILES string of the molecule is CN(C)C(=O)c1ccc(N)cc1N(C)CC1CCCOC1. The van der Waals surface area contributed by atoms with Crippen molar-refractivity contribution in [1.29, 1.82) is 0 Å². The molecule has 1 atom stereocenters. The highest BCUT2D eigenvalue weighted by Gasteiger charge is 2.20. The molecule has 0 aliphatic carbocycles. The summed E-state index contributed by atoms with van der Waals surface area (Å²) >= 11 is 0. The van der Waals surface area contributed by atoms with Crippen LogP contribution in [-0.2, 0) is 4.74 Å². The first kappa shape index (κ1) is 15.6. The molecule has 1 aromatic rings. The topological polar surface area (TPSA) is 58.8 Å². The van der Waals surface area contributed by atoms with E-state index in [1.165, 1.54) is 6.42 Å². The third kappa shape index (κ3) is 3.88. The zero-order valence-electron chi connectivity index (χ0n) is 13.1. The van der Waals surface area contributed by atoms with Crippen LogP contribution in [0.2, 0.25) is 0 Å². The van der Waals surface area contributed by atoms with Crippen molar-refractivity contribution in [2.24, 2.45) is 5.92 Å². The summed E-state index contributed by atoms with van der Waals surface area (Å²) in [6, 6.07) is 5.46. The van der Waals surface area contributed by atoms with Gasteiger partial charge in [-0.05, 0) is 37.0 Å². The van der Waals surface area contributed by atoms with Crippen molar-refractivity contribution in [3.63, 3.8) is 0 Å². The van der Waals surface area contributed by atoms with E-state index in [1.54, 1.807) is 31.1 Å². The van der Waals surface area contributed by atoms with Crippen LogP contribution in [0.4, 0.5) is 11.4 Å².